The molecule has 4 aromatic carbocycles. The summed E-state index contributed by atoms with van der Waals surface area (Å²) in [5, 5.41) is 22.8. The number of hydrogen-bond donors (Lipinski definition) is 5. The number of aryl methyl sites for hydroxylation is 1. The summed E-state index contributed by atoms with van der Waals surface area (Å²) in [5.74, 6) is 0.535. The second-order valence-corrected chi connectivity index (χ2v) is 43.1. The number of benzene rings is 4. The van der Waals surface area contributed by atoms with Gasteiger partial charge in [-0.2, -0.15) is 0 Å². The van der Waals surface area contributed by atoms with Gasteiger partial charge in [-0.3, -0.25) is 43.7 Å². The maximum atomic E-state index is 12.9. The Morgan fingerprint density at radius 2 is 0.914 bits per heavy atom. The lowest BCUT2D eigenvalue weighted by Gasteiger charge is -2.39. The molecule has 20 nitrogen and oxygen atoms in total. The summed E-state index contributed by atoms with van der Waals surface area (Å²) in [4.78, 5) is 102. The van der Waals surface area contributed by atoms with E-state index in [2.05, 4.69) is 181 Å². The maximum Gasteiger partial charge on any atom is 0.305 e. The lowest BCUT2D eigenvalue weighted by atomic mass is 9.99. The van der Waals surface area contributed by atoms with Crippen LogP contribution < -0.4 is 26.6 Å². The zero-order valence-electron chi connectivity index (χ0n) is 75.3. The summed E-state index contributed by atoms with van der Waals surface area (Å²) in [5.41, 5.74) is 15.7. The maximum absolute atomic E-state index is 12.9. The third-order valence-corrected chi connectivity index (χ3v) is 33.6. The number of ether oxygens (including phenoxy) is 2. The van der Waals surface area contributed by atoms with E-state index in [1.54, 1.807) is 79.4 Å². The molecule has 676 valence electrons. The first-order chi connectivity index (χ1) is 62.3. The molecule has 9 aromatic heterocycles. The van der Waals surface area contributed by atoms with Gasteiger partial charge in [-0.05, 0) is 208 Å². The molecule has 0 bridgehead atoms. The average molecular weight is 1870 g/mol. The van der Waals surface area contributed by atoms with E-state index in [1.165, 1.54) is 82.1 Å². The Hall–Kier alpha value is -8.14. The van der Waals surface area contributed by atoms with Crippen molar-refractivity contribution in [2.75, 3.05) is 69.7 Å². The van der Waals surface area contributed by atoms with Crippen LogP contribution in [0, 0.1) is 0 Å². The predicted molar refractivity (Wildman–Crippen MR) is 535 cm³/mol. The van der Waals surface area contributed by atoms with Gasteiger partial charge in [-0.25, -0.2) is 19.9 Å². The van der Waals surface area contributed by atoms with Gasteiger partial charge in [0.05, 0.1) is 66.7 Å². The van der Waals surface area contributed by atoms with Crippen molar-refractivity contribution in [2.45, 2.75) is 241 Å². The van der Waals surface area contributed by atoms with E-state index in [1.807, 2.05) is 61.0 Å². The number of aromatic nitrogens is 5. The Morgan fingerprint density at radius 3 is 1.37 bits per heavy atom. The van der Waals surface area contributed by atoms with Gasteiger partial charge in [-0.1, -0.05) is 74.9 Å². The number of ketones is 2. The molecule has 28 heteroatoms. The number of para-hydroxylation sites is 4. The van der Waals surface area contributed by atoms with E-state index in [0.29, 0.717) is 107 Å². The zero-order valence-corrected chi connectivity index (χ0v) is 81.8. The van der Waals surface area contributed by atoms with Crippen LogP contribution in [-0.2, 0) is 105 Å². The Balaban J connectivity index is 0.000000131. The number of nitrogens with zero attached hydrogens (tertiary/aromatic N) is 8. The van der Waals surface area contributed by atoms with Gasteiger partial charge in [0, 0.05) is 192 Å². The third-order valence-electron chi connectivity index (χ3n) is 24.6. The summed E-state index contributed by atoms with van der Waals surface area (Å²) >= 11 is 14.0. The number of esters is 1. The van der Waals surface area contributed by atoms with Gasteiger partial charge in [0.25, 0.3) is 0 Å². The number of Topliss-reactive ketones (excluding diaryl/α,β-unsaturated/α-hetero) is 2. The number of carbonyl (C=O) groups is 5. The molecule has 5 aliphatic heterocycles. The molecule has 0 aliphatic carbocycles. The van der Waals surface area contributed by atoms with Crippen LogP contribution in [-0.4, -0.2) is 158 Å². The summed E-state index contributed by atoms with van der Waals surface area (Å²) in [7, 11) is 0. The van der Waals surface area contributed by atoms with Crippen LogP contribution in [0.5, 0.6) is 0 Å². The van der Waals surface area contributed by atoms with Crippen molar-refractivity contribution in [1.82, 2.24) is 55.6 Å². The third kappa shape index (κ3) is 24.2. The van der Waals surface area contributed by atoms with E-state index < -0.39 is 0 Å². The molecule has 5 aliphatic rings. The van der Waals surface area contributed by atoms with E-state index in [9.17, 15) is 24.0 Å². The number of nitrogens with one attached hydrogen (secondary N) is 5. The van der Waals surface area contributed by atoms with E-state index >= 15 is 0 Å². The van der Waals surface area contributed by atoms with Crippen LogP contribution in [0.25, 0.3) is 83.2 Å². The van der Waals surface area contributed by atoms with Gasteiger partial charge in [0.1, 0.15) is 41.6 Å². The Morgan fingerprint density at radius 1 is 0.477 bits per heavy atom. The van der Waals surface area contributed by atoms with Crippen molar-refractivity contribution < 1.29 is 33.4 Å². The minimum absolute atomic E-state index is 0.0611. The van der Waals surface area contributed by atoms with Crippen molar-refractivity contribution in [3.05, 3.63) is 179 Å². The highest BCUT2D eigenvalue weighted by atomic mass is 32.1. The number of anilines is 2. The fourth-order valence-electron chi connectivity index (χ4n) is 16.9. The number of thiophene rings is 4. The molecule has 2 atom stereocenters. The predicted octanol–water partition coefficient (Wildman–Crippen LogP) is 22.0. The second-order valence-electron chi connectivity index (χ2n) is 34.4. The largest absolute Gasteiger partial charge is 0.466 e. The van der Waals surface area contributed by atoms with E-state index in [-0.39, 0.29) is 23.6 Å². The number of rotatable bonds is 35. The fraction of sp³-hybridized carbons (Fsp3) is 0.460. The van der Waals surface area contributed by atoms with Crippen molar-refractivity contribution in [3.63, 3.8) is 0 Å². The van der Waals surface area contributed by atoms with Gasteiger partial charge in [0.15, 0.2) is 0 Å². The van der Waals surface area contributed by atoms with E-state index in [0.717, 1.165) is 204 Å². The highest BCUT2D eigenvalue weighted by Crippen LogP contribution is 2.50. The fourth-order valence-corrected chi connectivity index (χ4v) is 26.7. The molecular formula is C100H121N13O7S8. The molecule has 5 N–H and O–H groups in total. The molecule has 0 spiro atoms. The summed E-state index contributed by atoms with van der Waals surface area (Å²) in [6.45, 7) is 30.7. The monoisotopic (exact) mass is 1870 g/mol. The van der Waals surface area contributed by atoms with Crippen LogP contribution in [0.3, 0.4) is 0 Å². The number of carbonyl (C=O) groups excluding carboxylic acids is 5. The molecular weight excluding hydrogens is 1750 g/mol. The Labute approximate surface area is 784 Å². The van der Waals surface area contributed by atoms with Crippen molar-refractivity contribution in [1.29, 1.82) is 0 Å². The molecule has 1 unspecified atom stereocenters. The van der Waals surface area contributed by atoms with E-state index in [4.69, 9.17) is 29.4 Å². The Kier molecular flexibility index (Phi) is 33.8. The quantitative estimate of drug-likeness (QED) is 0.0183. The normalized spacial score (nSPS) is 15.1. The smallest absolute Gasteiger partial charge is 0.305 e. The number of unbranched alkanes of at least 4 members (excludes halogenated alkanes) is 3. The molecule has 128 heavy (non-hydrogen) atoms. The molecule has 1 saturated heterocycles. The average Bonchev–Trinajstić information content (AvgIpc) is 1.57. The SMILES string of the molecule is CCC(C)NCCC(=O)Nc1sc2c(c1-c1nc3ccccc3s1)CCN(C1COC1)C2.CCOC(=O)CCCCC(=O)Cc1sc2c(c1-c1nc3ccccc3s1)CCN(C(C)C)C2.CC[C@@H](C)NCCC(=O)Nc1sc2c(c1-c1nc3ccccc3s1)CCN(C(C)C)C2.O=C(CCCCCc1cccnc1)Cc1sc2c(c1-c1nc3ccccc3s1)CCNC2. The molecule has 14 heterocycles. The van der Waals surface area contributed by atoms with Crippen LogP contribution >= 0.6 is 90.7 Å². The molecule has 2 amide bonds. The van der Waals surface area contributed by atoms with Crippen LogP contribution in [0.1, 0.15) is 196 Å². The second kappa shape index (κ2) is 45.8. The number of pyridine rings is 1. The minimum Gasteiger partial charge on any atom is -0.466 e. The van der Waals surface area contributed by atoms with Gasteiger partial charge in [0.2, 0.25) is 11.8 Å². The minimum atomic E-state index is -0.177. The number of thiazole rings is 4. The van der Waals surface area contributed by atoms with Crippen molar-refractivity contribution >= 4 is 171 Å². The van der Waals surface area contributed by atoms with Crippen LogP contribution in [0.15, 0.2) is 122 Å². The first kappa shape index (κ1) is 94.5. The standard InChI is InChI=1S/C26H27N3OS2.C26H32N2O3S2.C24H30N4O2S2.C24H32N4OS2/c30-19(9-3-1-2-7-18-8-6-13-27-16-18)15-23-25(20-12-14-28-17-24(20)31-23)26-29-21-10-4-5-11-22(21)32-26;1-4-31-24(30)12-8-5-9-18(29)15-22-25(26-27-20-10-6-7-11-21(20)33-26)19-13-14-28(17(2)3)16-23(19)32-22;1-3-15(2)25-10-8-21(29)27-24-22(23-26-18-6-4-5-7-19(18)31-23)17-9-11-28(12-20(17)32-24)16-13-30-14-16;1-5-16(4)25-12-10-21(29)27-24-22(23-26-18-8-6-7-9-19(18)30-23)17-11-13-28(15(2)3)14-20(17)31-24/h4-6,8,10-11,13,16,28H,1-3,7,9,12,14-15,17H2;6-7,10-11,17H,4-5,8-9,12-16H2,1-3H3;4-7,15-16,25H,3,8-14H2,1-2H3,(H,27,29);6-9,15-16,25H,5,10-14H2,1-4H3,(H,27,29)/t;;;16-/m...1/s1. The number of fused-ring (bicyclic) bond motifs is 8. The van der Waals surface area contributed by atoms with Gasteiger partial charge >= 0.3 is 5.97 Å². The lowest BCUT2D eigenvalue weighted by molar-refractivity contribution is -0.143. The summed E-state index contributed by atoms with van der Waals surface area (Å²) in [6.07, 6.45) is 18.9. The van der Waals surface area contributed by atoms with Crippen molar-refractivity contribution in [2.24, 2.45) is 0 Å². The highest BCUT2D eigenvalue weighted by molar-refractivity contribution is 7.24. The topological polar surface area (TPSA) is 238 Å². The molecule has 0 radical (unpaired) electrons. The van der Waals surface area contributed by atoms with Crippen molar-refractivity contribution in [3.8, 4) is 42.3 Å². The van der Waals surface area contributed by atoms with Crippen LogP contribution in [0.4, 0.5) is 10.0 Å². The molecule has 1 fully saturated rings. The number of amides is 2. The van der Waals surface area contributed by atoms with Crippen LogP contribution in [0.2, 0.25) is 0 Å². The summed E-state index contributed by atoms with van der Waals surface area (Å²) < 4.78 is 15.2. The lowest BCUT2D eigenvalue weighted by Crippen LogP contribution is -2.50. The zero-order chi connectivity index (χ0) is 89.2. The molecule has 0 saturated carbocycles. The van der Waals surface area contributed by atoms with Gasteiger partial charge in [-0.15, -0.1) is 90.7 Å². The highest BCUT2D eigenvalue weighted by Gasteiger charge is 2.36. The first-order valence-corrected chi connectivity index (χ1v) is 52.5. The Bertz CT molecular complexity index is 5800. The van der Waals surface area contributed by atoms with Gasteiger partial charge < -0.3 is 36.1 Å². The number of hydrogen-bond acceptors (Lipinski definition) is 26. The molecule has 18 rings (SSSR count). The molecule has 13 aromatic rings. The summed E-state index contributed by atoms with van der Waals surface area (Å²) in [6, 6.07) is 39.6. The first-order valence-electron chi connectivity index (χ1n) is 46.0.